The van der Waals surface area contributed by atoms with Gasteiger partial charge in [0.2, 0.25) is 0 Å². The van der Waals surface area contributed by atoms with E-state index in [1.54, 1.807) is 12.2 Å². The van der Waals surface area contributed by atoms with Crippen LogP contribution in [-0.4, -0.2) is 40.7 Å². The predicted molar refractivity (Wildman–Crippen MR) is 76.8 cm³/mol. The first-order chi connectivity index (χ1) is 9.17. The van der Waals surface area contributed by atoms with Crippen molar-refractivity contribution in [2.24, 2.45) is 4.99 Å². The van der Waals surface area contributed by atoms with Gasteiger partial charge in [0.1, 0.15) is 13.3 Å². The quantitative estimate of drug-likeness (QED) is 0.677. The number of nitrogens with zero attached hydrogens (tertiary/aromatic N) is 4. The Kier molecular flexibility index (Phi) is 3.28. The van der Waals surface area contributed by atoms with Crippen LogP contribution in [0.4, 0.5) is 5.69 Å². The van der Waals surface area contributed by atoms with Gasteiger partial charge in [-0.15, -0.1) is 16.4 Å². The summed E-state index contributed by atoms with van der Waals surface area (Å²) < 4.78 is 2.52. The van der Waals surface area contributed by atoms with E-state index >= 15 is 0 Å². The molecule has 0 fully saturated rings. The number of hydroxylamine groups is 2. The second-order valence-electron chi connectivity index (χ2n) is 4.04. The van der Waals surface area contributed by atoms with Crippen molar-refractivity contribution in [2.75, 3.05) is 26.2 Å². The van der Waals surface area contributed by atoms with Crippen LogP contribution in [0.2, 0.25) is 0 Å². The predicted octanol–water partition coefficient (Wildman–Crippen LogP) is 1.87. The third kappa shape index (κ3) is 2.37. The van der Waals surface area contributed by atoms with E-state index in [0.717, 1.165) is 20.9 Å². The van der Waals surface area contributed by atoms with Crippen molar-refractivity contribution < 1.29 is 4.84 Å². The number of benzene rings is 1. The van der Waals surface area contributed by atoms with Crippen LogP contribution >= 0.6 is 23.1 Å². The number of fused-ring (bicyclic) bond motifs is 1. The molecule has 2 N–H and O–H groups in total. The zero-order valence-electron chi connectivity index (χ0n) is 10.2. The minimum Gasteiger partial charge on any atom is -0.399 e. The summed E-state index contributed by atoms with van der Waals surface area (Å²) in [5.41, 5.74) is 7.39. The number of amidine groups is 1. The molecule has 0 spiro atoms. The van der Waals surface area contributed by atoms with Crippen molar-refractivity contribution in [2.45, 2.75) is 0 Å². The first kappa shape index (κ1) is 12.6. The largest absolute Gasteiger partial charge is 0.399 e. The Balaban J connectivity index is 1.98. The average molecular weight is 298 g/mol. The molecule has 0 aliphatic carbocycles. The summed E-state index contributed by atoms with van der Waals surface area (Å²) in [6.07, 6.45) is 0. The molecular weight excluding hydrogens is 286 g/mol. The number of hydrogen-bond acceptors (Lipinski definition) is 7. The fraction of sp³-hybridized carbons (Fsp3) is 0.273. The van der Waals surface area contributed by atoms with E-state index in [1.165, 1.54) is 15.8 Å². The Hall–Kier alpha value is -1.41. The van der Waals surface area contributed by atoms with Gasteiger partial charge >= 0.3 is 0 Å². The third-order valence-corrected chi connectivity index (χ3v) is 4.03. The molecule has 8 heteroatoms. The Labute approximate surface area is 119 Å². The Morgan fingerprint density at radius 2 is 2.32 bits per heavy atom. The highest BCUT2D eigenvalue weighted by Crippen LogP contribution is 2.26. The molecule has 1 aliphatic heterocycles. The molecule has 6 nitrogen and oxygen atoms in total. The Bertz CT molecular complexity index is 643. The van der Waals surface area contributed by atoms with Gasteiger partial charge in [0.05, 0.1) is 17.3 Å². The lowest BCUT2D eigenvalue weighted by Gasteiger charge is -2.28. The molecule has 0 atom stereocenters. The van der Waals surface area contributed by atoms with Crippen LogP contribution in [0.5, 0.6) is 0 Å². The minimum atomic E-state index is 0.438. The monoisotopic (exact) mass is 297 g/mol. The van der Waals surface area contributed by atoms with Gasteiger partial charge in [0.25, 0.3) is 0 Å². The highest BCUT2D eigenvalue weighted by Gasteiger charge is 2.23. The molecule has 2 heterocycles. The van der Waals surface area contributed by atoms with E-state index in [-0.39, 0.29) is 0 Å². The molecule has 100 valence electrons. The first-order valence-electron chi connectivity index (χ1n) is 5.60. The number of rotatable bonds is 2. The number of nitrogens with two attached hydrogens (primary N) is 1. The summed E-state index contributed by atoms with van der Waals surface area (Å²) in [4.78, 5) is 14.0. The van der Waals surface area contributed by atoms with Crippen LogP contribution in [0.1, 0.15) is 5.01 Å². The second-order valence-corrected chi connectivity index (χ2v) is 5.48. The van der Waals surface area contributed by atoms with Gasteiger partial charge in [-0.05, 0) is 18.2 Å². The minimum absolute atomic E-state index is 0.438. The summed E-state index contributed by atoms with van der Waals surface area (Å²) in [6.45, 7) is 0.877. The van der Waals surface area contributed by atoms with Crippen molar-refractivity contribution in [3.8, 4) is 0 Å². The lowest BCUT2D eigenvalue weighted by Crippen LogP contribution is -2.41. The van der Waals surface area contributed by atoms with Gasteiger partial charge in [-0.25, -0.2) is 14.4 Å². The molecule has 3 rings (SSSR count). The molecule has 19 heavy (non-hydrogen) atoms. The van der Waals surface area contributed by atoms with Gasteiger partial charge < -0.3 is 5.73 Å². The summed E-state index contributed by atoms with van der Waals surface area (Å²) in [5, 5.41) is 2.42. The van der Waals surface area contributed by atoms with Crippen LogP contribution in [0.3, 0.4) is 0 Å². The number of aromatic nitrogens is 1. The maximum absolute atomic E-state index is 6.17. The first-order valence-corrected chi connectivity index (χ1v) is 6.76. The van der Waals surface area contributed by atoms with Crippen molar-refractivity contribution in [1.29, 1.82) is 0 Å². The molecule has 1 aromatic heterocycles. The number of nitrogen functional groups attached to an aromatic ring is 1. The van der Waals surface area contributed by atoms with E-state index < -0.39 is 0 Å². The normalized spacial score (nSPS) is 16.9. The molecule has 2 aromatic rings. The molecule has 0 saturated carbocycles. The van der Waals surface area contributed by atoms with Crippen molar-refractivity contribution in [3.05, 3.63) is 23.2 Å². The molecule has 0 unspecified atom stereocenters. The summed E-state index contributed by atoms with van der Waals surface area (Å²) in [5.74, 6) is 0.662. The summed E-state index contributed by atoms with van der Waals surface area (Å²) in [6, 6.07) is 5.63. The lowest BCUT2D eigenvalue weighted by atomic mass is 10.3. The number of thiazole rings is 1. The highest BCUT2D eigenvalue weighted by molar-refractivity contribution is 7.20. The third-order valence-electron chi connectivity index (χ3n) is 2.75. The van der Waals surface area contributed by atoms with E-state index in [0.29, 0.717) is 19.2 Å². The van der Waals surface area contributed by atoms with Crippen LogP contribution < -0.4 is 5.73 Å². The smallest absolute Gasteiger partial charge is 0.177 e. The molecule has 1 aliphatic rings. The SMILES string of the molecule is CON1CN=C(c2nc3ccc(N)cc3s2)N(Cl)C1. The number of anilines is 1. The topological polar surface area (TPSA) is 67.0 Å². The van der Waals surface area contributed by atoms with Crippen molar-refractivity contribution in [3.63, 3.8) is 0 Å². The Morgan fingerprint density at radius 1 is 1.47 bits per heavy atom. The van der Waals surface area contributed by atoms with Gasteiger partial charge in [0.15, 0.2) is 10.8 Å². The van der Waals surface area contributed by atoms with Crippen LogP contribution in [0.15, 0.2) is 23.2 Å². The van der Waals surface area contributed by atoms with E-state index in [4.69, 9.17) is 22.3 Å². The van der Waals surface area contributed by atoms with Gasteiger partial charge in [-0.3, -0.25) is 4.84 Å². The fourth-order valence-electron chi connectivity index (χ4n) is 1.80. The summed E-state index contributed by atoms with van der Waals surface area (Å²) >= 11 is 7.70. The standard InChI is InChI=1S/C11H12ClN5OS/c1-18-16-5-14-10(17(12)6-16)11-15-8-3-2-7(13)4-9(8)19-11/h2-4H,5-6,13H2,1H3. The van der Waals surface area contributed by atoms with Gasteiger partial charge in [-0.1, -0.05) is 0 Å². The summed E-state index contributed by atoms with van der Waals surface area (Å²) in [7, 11) is 1.59. The number of aliphatic imine (C=N–C) groups is 1. The van der Waals surface area contributed by atoms with E-state index in [2.05, 4.69) is 9.98 Å². The number of hydrogen-bond donors (Lipinski definition) is 1. The van der Waals surface area contributed by atoms with Gasteiger partial charge in [0, 0.05) is 17.5 Å². The molecule has 1 aromatic carbocycles. The van der Waals surface area contributed by atoms with Crippen LogP contribution in [0, 0.1) is 0 Å². The molecule has 0 radical (unpaired) electrons. The maximum atomic E-state index is 6.17. The van der Waals surface area contributed by atoms with Crippen molar-refractivity contribution in [1.82, 2.24) is 14.5 Å². The average Bonchev–Trinajstić information content (AvgIpc) is 2.81. The van der Waals surface area contributed by atoms with Crippen molar-refractivity contribution >= 4 is 44.9 Å². The second kappa shape index (κ2) is 4.93. The number of halogens is 1. The lowest BCUT2D eigenvalue weighted by molar-refractivity contribution is -0.144. The molecule has 0 saturated heterocycles. The van der Waals surface area contributed by atoms with Crippen LogP contribution in [0.25, 0.3) is 10.2 Å². The van der Waals surface area contributed by atoms with Crippen LogP contribution in [-0.2, 0) is 4.84 Å². The molecule has 0 bridgehead atoms. The van der Waals surface area contributed by atoms with E-state index in [1.807, 2.05) is 18.2 Å². The Morgan fingerprint density at radius 3 is 3.05 bits per heavy atom. The highest BCUT2D eigenvalue weighted by atomic mass is 35.5. The molecule has 0 amide bonds. The molecular formula is C11H12ClN5OS. The van der Waals surface area contributed by atoms with E-state index in [9.17, 15) is 0 Å². The zero-order valence-corrected chi connectivity index (χ0v) is 11.8. The fourth-order valence-corrected chi connectivity index (χ4v) is 3.13. The van der Waals surface area contributed by atoms with Gasteiger partial charge in [-0.2, -0.15) is 0 Å². The zero-order chi connectivity index (χ0) is 13.4. The maximum Gasteiger partial charge on any atom is 0.177 e.